The summed E-state index contributed by atoms with van der Waals surface area (Å²) in [6.45, 7) is 0. The van der Waals surface area contributed by atoms with E-state index in [0.717, 1.165) is 5.56 Å². The summed E-state index contributed by atoms with van der Waals surface area (Å²) in [4.78, 5) is 14.9. The number of amides is 1. The first-order valence-corrected chi connectivity index (χ1v) is 5.07. The van der Waals surface area contributed by atoms with E-state index in [1.807, 2.05) is 30.3 Å². The summed E-state index contributed by atoms with van der Waals surface area (Å²) in [6, 6.07) is 11.2. The number of carbonyl (C=O) groups is 1. The van der Waals surface area contributed by atoms with Gasteiger partial charge in [-0.05, 0) is 18.2 Å². The molecule has 0 spiro atoms. The predicted molar refractivity (Wildman–Crippen MR) is 72.4 cm³/mol. The van der Waals surface area contributed by atoms with Crippen LogP contribution in [0.5, 0.6) is 0 Å². The van der Waals surface area contributed by atoms with Crippen molar-refractivity contribution >= 4 is 18.3 Å². The van der Waals surface area contributed by atoms with Crippen LogP contribution in [0, 0.1) is 11.8 Å². The molecule has 0 aliphatic carbocycles. The van der Waals surface area contributed by atoms with Crippen LogP contribution in [0.2, 0.25) is 0 Å². The van der Waals surface area contributed by atoms with Crippen molar-refractivity contribution in [1.82, 2.24) is 4.98 Å². The molecule has 18 heavy (non-hydrogen) atoms. The fourth-order valence-corrected chi connectivity index (χ4v) is 1.31. The molecule has 1 aromatic carbocycles. The lowest BCUT2D eigenvalue weighted by atomic mass is 10.2. The highest BCUT2D eigenvalue weighted by atomic mass is 35.5. The van der Waals surface area contributed by atoms with Gasteiger partial charge < -0.3 is 5.73 Å². The number of pyridine rings is 1. The Morgan fingerprint density at radius 2 is 1.72 bits per heavy atom. The minimum Gasteiger partial charge on any atom is -0.366 e. The Morgan fingerprint density at radius 1 is 1.06 bits per heavy atom. The molecule has 2 rings (SSSR count). The van der Waals surface area contributed by atoms with Crippen molar-refractivity contribution < 1.29 is 4.79 Å². The quantitative estimate of drug-likeness (QED) is 0.796. The number of halogens is 1. The van der Waals surface area contributed by atoms with Crippen molar-refractivity contribution in [3.63, 3.8) is 0 Å². The Bertz CT molecular complexity index is 600. The van der Waals surface area contributed by atoms with Crippen LogP contribution in [0.1, 0.15) is 21.5 Å². The number of aromatic nitrogens is 1. The van der Waals surface area contributed by atoms with Gasteiger partial charge in [-0.2, -0.15) is 0 Å². The lowest BCUT2D eigenvalue weighted by Gasteiger charge is -1.94. The van der Waals surface area contributed by atoms with E-state index >= 15 is 0 Å². The number of carbonyl (C=O) groups excluding carboxylic acids is 1. The molecule has 2 N–H and O–H groups in total. The van der Waals surface area contributed by atoms with Gasteiger partial charge >= 0.3 is 0 Å². The average molecular weight is 259 g/mol. The molecular weight excluding hydrogens is 248 g/mol. The second-order valence-corrected chi connectivity index (χ2v) is 3.44. The van der Waals surface area contributed by atoms with E-state index in [0.29, 0.717) is 11.1 Å². The maximum atomic E-state index is 11.0. The Kier molecular flexibility index (Phi) is 4.91. The summed E-state index contributed by atoms with van der Waals surface area (Å²) < 4.78 is 0. The van der Waals surface area contributed by atoms with Gasteiger partial charge in [-0.3, -0.25) is 9.78 Å². The largest absolute Gasteiger partial charge is 0.366 e. The lowest BCUT2D eigenvalue weighted by Crippen LogP contribution is -2.11. The van der Waals surface area contributed by atoms with Crippen LogP contribution in [0.3, 0.4) is 0 Å². The van der Waals surface area contributed by atoms with Crippen molar-refractivity contribution in [1.29, 1.82) is 0 Å². The van der Waals surface area contributed by atoms with Crippen molar-refractivity contribution in [2.24, 2.45) is 5.73 Å². The molecule has 1 heterocycles. The van der Waals surface area contributed by atoms with E-state index in [2.05, 4.69) is 16.8 Å². The van der Waals surface area contributed by atoms with Crippen molar-refractivity contribution in [2.75, 3.05) is 0 Å². The smallest absolute Gasteiger partial charge is 0.250 e. The highest BCUT2D eigenvalue weighted by Gasteiger charge is 1.99. The zero-order valence-electron chi connectivity index (χ0n) is 9.46. The molecule has 0 saturated heterocycles. The van der Waals surface area contributed by atoms with Crippen molar-refractivity contribution in [3.05, 3.63) is 65.5 Å². The molecule has 0 atom stereocenters. The molecule has 90 valence electrons. The van der Waals surface area contributed by atoms with Gasteiger partial charge in [0.05, 0.1) is 5.56 Å². The number of rotatable bonds is 1. The van der Waals surface area contributed by atoms with Crippen LogP contribution >= 0.6 is 12.4 Å². The van der Waals surface area contributed by atoms with Crippen molar-refractivity contribution in [3.8, 4) is 11.8 Å². The van der Waals surface area contributed by atoms with Gasteiger partial charge in [0.2, 0.25) is 5.91 Å². The zero-order chi connectivity index (χ0) is 12.1. The zero-order valence-corrected chi connectivity index (χ0v) is 10.3. The van der Waals surface area contributed by atoms with Gasteiger partial charge in [-0.1, -0.05) is 30.0 Å². The van der Waals surface area contributed by atoms with Crippen LogP contribution in [0.25, 0.3) is 0 Å². The number of primary amides is 1. The van der Waals surface area contributed by atoms with Crippen LogP contribution < -0.4 is 5.73 Å². The molecule has 0 unspecified atom stereocenters. The average Bonchev–Trinajstić information content (AvgIpc) is 2.38. The summed E-state index contributed by atoms with van der Waals surface area (Å²) in [7, 11) is 0. The molecule has 1 aromatic heterocycles. The molecule has 2 aromatic rings. The minimum absolute atomic E-state index is 0. The summed E-state index contributed by atoms with van der Waals surface area (Å²) in [6.07, 6.45) is 3.03. The molecule has 0 saturated carbocycles. The van der Waals surface area contributed by atoms with Gasteiger partial charge in [0.25, 0.3) is 0 Å². The standard InChI is InChI=1S/C14H10N2O.ClH/c15-14(17)13-8-12(9-16-10-13)7-6-11-4-2-1-3-5-11;/h1-5,8-10H,(H2,15,17);1H. The summed E-state index contributed by atoms with van der Waals surface area (Å²) in [5.74, 6) is 5.42. The Labute approximate surface area is 111 Å². The third-order valence-electron chi connectivity index (χ3n) is 2.15. The van der Waals surface area contributed by atoms with E-state index in [9.17, 15) is 4.79 Å². The molecule has 0 radical (unpaired) electrons. The maximum Gasteiger partial charge on any atom is 0.250 e. The number of hydrogen-bond acceptors (Lipinski definition) is 2. The summed E-state index contributed by atoms with van der Waals surface area (Å²) >= 11 is 0. The van der Waals surface area contributed by atoms with Crippen LogP contribution in [0.15, 0.2) is 48.8 Å². The van der Waals surface area contributed by atoms with E-state index in [1.54, 1.807) is 12.3 Å². The molecule has 0 fully saturated rings. The summed E-state index contributed by atoms with van der Waals surface area (Å²) in [5, 5.41) is 0. The van der Waals surface area contributed by atoms with Crippen LogP contribution in [0.4, 0.5) is 0 Å². The number of benzene rings is 1. The second-order valence-electron chi connectivity index (χ2n) is 3.44. The molecule has 0 aliphatic rings. The van der Waals surface area contributed by atoms with E-state index in [4.69, 9.17) is 5.73 Å². The first-order valence-electron chi connectivity index (χ1n) is 5.07. The lowest BCUT2D eigenvalue weighted by molar-refractivity contribution is 0.1000. The van der Waals surface area contributed by atoms with E-state index in [-0.39, 0.29) is 12.4 Å². The van der Waals surface area contributed by atoms with Crippen LogP contribution in [-0.2, 0) is 0 Å². The highest BCUT2D eigenvalue weighted by Crippen LogP contribution is 2.01. The first kappa shape index (κ1) is 13.8. The number of nitrogens with zero attached hydrogens (tertiary/aromatic N) is 1. The number of hydrogen-bond donors (Lipinski definition) is 1. The molecule has 0 bridgehead atoms. The Balaban J connectivity index is 0.00000162. The molecular formula is C14H11ClN2O. The van der Waals surface area contributed by atoms with Gasteiger partial charge in [0, 0.05) is 23.5 Å². The maximum absolute atomic E-state index is 11.0. The molecule has 4 heteroatoms. The molecule has 3 nitrogen and oxygen atoms in total. The third kappa shape index (κ3) is 3.62. The van der Waals surface area contributed by atoms with E-state index in [1.165, 1.54) is 6.20 Å². The Morgan fingerprint density at radius 3 is 2.39 bits per heavy atom. The highest BCUT2D eigenvalue weighted by molar-refractivity contribution is 5.92. The van der Waals surface area contributed by atoms with Crippen LogP contribution in [-0.4, -0.2) is 10.9 Å². The van der Waals surface area contributed by atoms with Gasteiger partial charge in [-0.25, -0.2) is 0 Å². The molecule has 0 aliphatic heterocycles. The van der Waals surface area contributed by atoms with Crippen molar-refractivity contribution in [2.45, 2.75) is 0 Å². The van der Waals surface area contributed by atoms with Gasteiger partial charge in [0.1, 0.15) is 0 Å². The fraction of sp³-hybridized carbons (Fsp3) is 0. The van der Waals surface area contributed by atoms with Gasteiger partial charge in [-0.15, -0.1) is 12.4 Å². The monoisotopic (exact) mass is 258 g/mol. The SMILES string of the molecule is Cl.NC(=O)c1cncc(C#Cc2ccccc2)c1. The fourth-order valence-electron chi connectivity index (χ4n) is 1.31. The minimum atomic E-state index is -0.499. The Hall–Kier alpha value is -2.31. The topological polar surface area (TPSA) is 56.0 Å². The molecule has 1 amide bonds. The van der Waals surface area contributed by atoms with Gasteiger partial charge in [0.15, 0.2) is 0 Å². The number of nitrogens with two attached hydrogens (primary N) is 1. The van der Waals surface area contributed by atoms with E-state index < -0.39 is 5.91 Å². The second kappa shape index (κ2) is 6.43. The third-order valence-corrected chi connectivity index (χ3v) is 2.15. The first-order chi connectivity index (χ1) is 8.25. The normalized spacial score (nSPS) is 8.67. The summed E-state index contributed by atoms with van der Waals surface area (Å²) in [5.41, 5.74) is 7.11. The predicted octanol–water partition coefficient (Wildman–Crippen LogP) is 2.00.